The molecule has 0 saturated carbocycles. The Labute approximate surface area is 175 Å². The second kappa shape index (κ2) is 8.06. The third kappa shape index (κ3) is 4.01. The van der Waals surface area contributed by atoms with Gasteiger partial charge in [0.05, 0.1) is 22.1 Å². The van der Waals surface area contributed by atoms with Crippen LogP contribution in [0.25, 0.3) is 15.9 Å². The van der Waals surface area contributed by atoms with E-state index < -0.39 is 18.5 Å². The fraction of sp³-hybridized carbons (Fsp3) is 0.0952. The minimum Gasteiger partial charge on any atom is -0.451 e. The fourth-order valence-corrected chi connectivity index (χ4v) is 4.10. The minimum atomic E-state index is -0.556. The van der Waals surface area contributed by atoms with E-state index >= 15 is 0 Å². The number of nitrogens with one attached hydrogen (secondary N) is 1. The third-order valence-electron chi connectivity index (χ3n) is 4.23. The Hall–Kier alpha value is -3.16. The number of amides is 1. The molecular weight excluding hydrogens is 410 g/mol. The number of thiophene rings is 1. The van der Waals surface area contributed by atoms with Crippen molar-refractivity contribution in [3.05, 3.63) is 76.3 Å². The van der Waals surface area contributed by atoms with Crippen molar-refractivity contribution in [2.45, 2.75) is 6.92 Å². The van der Waals surface area contributed by atoms with Crippen molar-refractivity contribution in [3.63, 3.8) is 0 Å². The normalized spacial score (nSPS) is 10.8. The van der Waals surface area contributed by atoms with E-state index in [1.54, 1.807) is 35.0 Å². The first-order valence-electron chi connectivity index (χ1n) is 8.79. The van der Waals surface area contributed by atoms with Gasteiger partial charge in [0.2, 0.25) is 0 Å². The quantitative estimate of drug-likeness (QED) is 0.464. The van der Waals surface area contributed by atoms with Crippen LogP contribution >= 0.6 is 22.9 Å². The number of benzene rings is 2. The third-order valence-corrected chi connectivity index (χ3v) is 5.65. The highest BCUT2D eigenvalue weighted by Crippen LogP contribution is 2.30. The Morgan fingerprint density at radius 2 is 1.86 bits per heavy atom. The van der Waals surface area contributed by atoms with Crippen LogP contribution in [0.1, 0.15) is 15.4 Å². The van der Waals surface area contributed by atoms with E-state index in [1.165, 1.54) is 11.3 Å². The van der Waals surface area contributed by atoms with Crippen LogP contribution in [0.15, 0.2) is 60.7 Å². The summed E-state index contributed by atoms with van der Waals surface area (Å²) in [5.74, 6) is -1.02. The van der Waals surface area contributed by atoms with Crippen LogP contribution in [-0.2, 0) is 9.53 Å². The van der Waals surface area contributed by atoms with Gasteiger partial charge in [-0.1, -0.05) is 41.9 Å². The summed E-state index contributed by atoms with van der Waals surface area (Å²) >= 11 is 7.29. The minimum absolute atomic E-state index is 0.401. The molecule has 1 N–H and O–H groups in total. The molecule has 1 amide bonds. The summed E-state index contributed by atoms with van der Waals surface area (Å²) in [6, 6.07) is 18.3. The summed E-state index contributed by atoms with van der Waals surface area (Å²) in [6.45, 7) is 1.49. The van der Waals surface area contributed by atoms with Crippen molar-refractivity contribution in [3.8, 4) is 5.69 Å². The van der Waals surface area contributed by atoms with Gasteiger partial charge < -0.3 is 10.1 Å². The molecule has 0 saturated heterocycles. The molecule has 0 aliphatic rings. The van der Waals surface area contributed by atoms with E-state index in [-0.39, 0.29) is 0 Å². The van der Waals surface area contributed by atoms with Gasteiger partial charge >= 0.3 is 5.97 Å². The molecule has 0 atom stereocenters. The molecule has 146 valence electrons. The number of carbonyl (C=O) groups excluding carboxylic acids is 2. The predicted octanol–water partition coefficient (Wildman–Crippen LogP) is 4.84. The molecule has 4 rings (SSSR count). The first-order chi connectivity index (χ1) is 14.0. The number of para-hydroxylation sites is 2. The van der Waals surface area contributed by atoms with E-state index in [9.17, 15) is 9.59 Å². The van der Waals surface area contributed by atoms with Crippen LogP contribution < -0.4 is 5.32 Å². The maximum absolute atomic E-state index is 12.4. The highest BCUT2D eigenvalue weighted by atomic mass is 35.5. The lowest BCUT2D eigenvalue weighted by atomic mass is 10.3. The van der Waals surface area contributed by atoms with E-state index in [2.05, 4.69) is 10.4 Å². The number of aryl methyl sites for hydroxylation is 1. The van der Waals surface area contributed by atoms with Gasteiger partial charge in [0, 0.05) is 5.39 Å². The van der Waals surface area contributed by atoms with E-state index in [0.29, 0.717) is 15.6 Å². The second-order valence-corrected chi connectivity index (χ2v) is 7.70. The van der Waals surface area contributed by atoms with Gasteiger partial charge in [-0.3, -0.25) is 4.79 Å². The van der Waals surface area contributed by atoms with Crippen LogP contribution in [-0.4, -0.2) is 28.3 Å². The summed E-state index contributed by atoms with van der Waals surface area (Å²) in [6.07, 6.45) is 0. The van der Waals surface area contributed by atoms with Crippen LogP contribution in [0.5, 0.6) is 0 Å². The highest BCUT2D eigenvalue weighted by molar-refractivity contribution is 7.20. The molecule has 8 heteroatoms. The van der Waals surface area contributed by atoms with Gasteiger partial charge in [-0.05, 0) is 37.3 Å². The number of aromatic nitrogens is 2. The van der Waals surface area contributed by atoms with Crippen molar-refractivity contribution in [2.75, 3.05) is 11.9 Å². The van der Waals surface area contributed by atoms with Crippen molar-refractivity contribution in [1.82, 2.24) is 9.78 Å². The smallest absolute Gasteiger partial charge is 0.348 e. The first-order valence-corrected chi connectivity index (χ1v) is 9.98. The van der Waals surface area contributed by atoms with E-state index in [1.807, 2.05) is 37.3 Å². The fourth-order valence-electron chi connectivity index (χ4n) is 2.84. The second-order valence-electron chi connectivity index (χ2n) is 6.27. The van der Waals surface area contributed by atoms with Crippen molar-refractivity contribution in [1.29, 1.82) is 0 Å². The molecule has 2 heterocycles. The molecule has 4 aromatic rings. The Balaban J connectivity index is 1.48. The lowest BCUT2D eigenvalue weighted by Gasteiger charge is -2.07. The Kier molecular flexibility index (Phi) is 5.33. The van der Waals surface area contributed by atoms with Crippen molar-refractivity contribution in [2.24, 2.45) is 0 Å². The molecule has 2 aromatic heterocycles. The zero-order valence-electron chi connectivity index (χ0n) is 15.4. The zero-order chi connectivity index (χ0) is 20.4. The van der Waals surface area contributed by atoms with Crippen LogP contribution in [0.3, 0.4) is 0 Å². The van der Waals surface area contributed by atoms with Crippen LogP contribution in [0.4, 0.5) is 5.69 Å². The Morgan fingerprint density at radius 1 is 1.14 bits per heavy atom. The monoisotopic (exact) mass is 425 g/mol. The molecule has 2 aromatic carbocycles. The number of ether oxygens (including phenoxy) is 1. The number of anilines is 1. The number of hydrogen-bond acceptors (Lipinski definition) is 5. The summed E-state index contributed by atoms with van der Waals surface area (Å²) < 4.78 is 6.97. The molecule has 29 heavy (non-hydrogen) atoms. The Bertz CT molecular complexity index is 1200. The molecule has 0 fully saturated rings. The predicted molar refractivity (Wildman–Crippen MR) is 114 cm³/mol. The van der Waals surface area contributed by atoms with E-state index in [0.717, 1.165) is 21.6 Å². The number of esters is 1. The molecular formula is C21H16ClN3O3S. The van der Waals surface area contributed by atoms with Gasteiger partial charge in [0.1, 0.15) is 9.71 Å². The number of fused-ring (bicyclic) bond motifs is 1. The lowest BCUT2D eigenvalue weighted by molar-refractivity contribution is -0.119. The summed E-state index contributed by atoms with van der Waals surface area (Å²) in [7, 11) is 0. The standard InChI is InChI=1S/C21H16ClN3O3S/c1-13-15-11-18(29-20(15)25(24-13)14-7-3-2-4-8-14)21(27)28-12-19(26)23-17-10-6-5-9-16(17)22/h2-11H,12H2,1H3,(H,23,26). The highest BCUT2D eigenvalue weighted by Gasteiger charge is 2.19. The number of carbonyl (C=O) groups is 2. The number of halogens is 1. The van der Waals surface area contributed by atoms with Crippen LogP contribution in [0.2, 0.25) is 5.02 Å². The average Bonchev–Trinajstić information content (AvgIpc) is 3.29. The lowest BCUT2D eigenvalue weighted by Crippen LogP contribution is -2.20. The summed E-state index contributed by atoms with van der Waals surface area (Å²) in [5, 5.41) is 8.46. The molecule has 0 aliphatic heterocycles. The molecule has 0 unspecified atom stereocenters. The van der Waals surface area contributed by atoms with Crippen molar-refractivity contribution < 1.29 is 14.3 Å². The first kappa shape index (κ1) is 19.2. The van der Waals surface area contributed by atoms with Gasteiger partial charge in [0.15, 0.2) is 6.61 Å². The van der Waals surface area contributed by atoms with Gasteiger partial charge in [0.25, 0.3) is 5.91 Å². The Morgan fingerprint density at radius 3 is 2.62 bits per heavy atom. The van der Waals surface area contributed by atoms with Crippen molar-refractivity contribution >= 4 is 50.7 Å². The maximum Gasteiger partial charge on any atom is 0.348 e. The zero-order valence-corrected chi connectivity index (χ0v) is 17.0. The number of nitrogens with zero attached hydrogens (tertiary/aromatic N) is 2. The largest absolute Gasteiger partial charge is 0.451 e. The van der Waals surface area contributed by atoms with Gasteiger partial charge in [-0.2, -0.15) is 5.10 Å². The molecule has 6 nitrogen and oxygen atoms in total. The SMILES string of the molecule is Cc1nn(-c2ccccc2)c2sc(C(=O)OCC(=O)Nc3ccccc3Cl)cc12. The summed E-state index contributed by atoms with van der Waals surface area (Å²) in [5.41, 5.74) is 2.19. The van der Waals surface area contributed by atoms with E-state index in [4.69, 9.17) is 16.3 Å². The molecule has 0 radical (unpaired) electrons. The average molecular weight is 426 g/mol. The molecule has 0 bridgehead atoms. The topological polar surface area (TPSA) is 73.2 Å². The molecule has 0 spiro atoms. The maximum atomic E-state index is 12.4. The van der Waals surface area contributed by atoms with Gasteiger partial charge in [-0.25, -0.2) is 9.48 Å². The summed E-state index contributed by atoms with van der Waals surface area (Å²) in [4.78, 5) is 25.8. The number of hydrogen-bond donors (Lipinski definition) is 1. The molecule has 0 aliphatic carbocycles. The van der Waals surface area contributed by atoms with Gasteiger partial charge in [-0.15, -0.1) is 11.3 Å². The number of rotatable bonds is 5. The van der Waals surface area contributed by atoms with Crippen LogP contribution in [0, 0.1) is 6.92 Å².